The molecule has 0 spiro atoms. The second-order valence-electron chi connectivity index (χ2n) is 10.1. The lowest BCUT2D eigenvalue weighted by Crippen LogP contribution is -2.29. The molecule has 0 aliphatic heterocycles. The SMILES string of the molecule is COC(=O)[C@@H](C)Oc1ccc(-n2c(C)cc(C=Nn3c(C(C)(C)C)nc4ccc(Br)cc4c3=O)c2C)cc1. The molecule has 4 rings (SSSR count). The number of carbonyl (C=O) groups is 1. The number of hydrogen-bond donors (Lipinski definition) is 0. The van der Waals surface area contributed by atoms with E-state index < -0.39 is 17.5 Å². The van der Waals surface area contributed by atoms with Crippen LogP contribution in [-0.4, -0.2) is 39.6 Å². The topological polar surface area (TPSA) is 87.7 Å². The van der Waals surface area contributed by atoms with Crippen molar-refractivity contribution in [3.05, 3.63) is 86.1 Å². The first-order valence-electron chi connectivity index (χ1n) is 12.2. The van der Waals surface area contributed by atoms with Crippen molar-refractivity contribution in [2.75, 3.05) is 7.11 Å². The minimum Gasteiger partial charge on any atom is -0.479 e. The molecule has 0 aliphatic carbocycles. The number of aromatic nitrogens is 3. The Bertz CT molecular complexity index is 1590. The lowest BCUT2D eigenvalue weighted by Gasteiger charge is -2.20. The Hall–Kier alpha value is -3.72. The van der Waals surface area contributed by atoms with E-state index in [9.17, 15) is 9.59 Å². The fraction of sp³-hybridized carbons (Fsp3) is 0.310. The summed E-state index contributed by atoms with van der Waals surface area (Å²) < 4.78 is 14.7. The highest BCUT2D eigenvalue weighted by molar-refractivity contribution is 9.10. The van der Waals surface area contributed by atoms with Crippen molar-refractivity contribution in [1.29, 1.82) is 0 Å². The van der Waals surface area contributed by atoms with Gasteiger partial charge in [-0.1, -0.05) is 36.7 Å². The molecule has 198 valence electrons. The maximum Gasteiger partial charge on any atom is 0.346 e. The predicted octanol–water partition coefficient (Wildman–Crippen LogP) is 5.69. The minimum absolute atomic E-state index is 0.219. The standard InChI is InChI=1S/C29H31BrN4O4/c1-17-14-20(18(2)33(17)22-9-11-23(12-10-22)38-19(3)27(36)37-7)16-31-34-26(35)24-15-21(30)8-13-25(24)32-28(34)29(4,5)6/h8-16,19H,1-7H3/t19-/m1/s1. The van der Waals surface area contributed by atoms with Crippen LogP contribution in [0.3, 0.4) is 0 Å². The summed E-state index contributed by atoms with van der Waals surface area (Å²) in [5, 5.41) is 5.13. The third kappa shape index (κ3) is 5.43. The average molecular weight is 579 g/mol. The zero-order valence-electron chi connectivity index (χ0n) is 22.6. The van der Waals surface area contributed by atoms with Crippen molar-refractivity contribution in [2.24, 2.45) is 5.10 Å². The van der Waals surface area contributed by atoms with Gasteiger partial charge in [0.2, 0.25) is 0 Å². The van der Waals surface area contributed by atoms with Gasteiger partial charge in [-0.3, -0.25) is 4.79 Å². The molecule has 0 saturated heterocycles. The zero-order chi connectivity index (χ0) is 27.8. The van der Waals surface area contributed by atoms with Crippen LogP contribution in [0.1, 0.15) is 50.5 Å². The second kappa shape index (κ2) is 10.6. The third-order valence-electron chi connectivity index (χ3n) is 6.20. The number of carbonyl (C=O) groups excluding carboxylic acids is 1. The van der Waals surface area contributed by atoms with E-state index in [0.29, 0.717) is 22.5 Å². The smallest absolute Gasteiger partial charge is 0.346 e. The Morgan fingerprint density at radius 3 is 2.42 bits per heavy atom. The Labute approximate surface area is 230 Å². The molecule has 9 heteroatoms. The normalized spacial score (nSPS) is 12.7. The van der Waals surface area contributed by atoms with E-state index in [0.717, 1.165) is 27.1 Å². The minimum atomic E-state index is -0.698. The van der Waals surface area contributed by atoms with Crippen molar-refractivity contribution < 1.29 is 14.3 Å². The molecule has 4 aromatic rings. The molecule has 38 heavy (non-hydrogen) atoms. The van der Waals surface area contributed by atoms with E-state index in [1.165, 1.54) is 11.8 Å². The van der Waals surface area contributed by atoms with E-state index in [1.807, 2.05) is 77.1 Å². The summed E-state index contributed by atoms with van der Waals surface area (Å²) in [7, 11) is 1.33. The Kier molecular flexibility index (Phi) is 7.60. The number of hydrogen-bond acceptors (Lipinski definition) is 6. The van der Waals surface area contributed by atoms with Crippen LogP contribution in [0, 0.1) is 13.8 Å². The summed E-state index contributed by atoms with van der Waals surface area (Å²) in [6.45, 7) is 11.7. The van der Waals surface area contributed by atoms with Crippen molar-refractivity contribution in [3.63, 3.8) is 0 Å². The monoisotopic (exact) mass is 578 g/mol. The van der Waals surface area contributed by atoms with E-state index in [1.54, 1.807) is 19.2 Å². The van der Waals surface area contributed by atoms with Gasteiger partial charge in [-0.2, -0.15) is 9.78 Å². The summed E-state index contributed by atoms with van der Waals surface area (Å²) in [5.74, 6) is 0.720. The Balaban J connectivity index is 1.71. The Morgan fingerprint density at radius 1 is 1.11 bits per heavy atom. The van der Waals surface area contributed by atoms with Gasteiger partial charge in [-0.05, 0) is 69.3 Å². The largest absolute Gasteiger partial charge is 0.479 e. The van der Waals surface area contributed by atoms with Gasteiger partial charge in [0.1, 0.15) is 11.6 Å². The molecule has 0 aliphatic rings. The van der Waals surface area contributed by atoms with Crippen LogP contribution < -0.4 is 10.3 Å². The van der Waals surface area contributed by atoms with E-state index in [-0.39, 0.29) is 5.56 Å². The molecule has 0 unspecified atom stereocenters. The second-order valence-corrected chi connectivity index (χ2v) is 11.1. The molecule has 0 amide bonds. The quantitative estimate of drug-likeness (QED) is 0.217. The van der Waals surface area contributed by atoms with Gasteiger partial charge in [0.25, 0.3) is 5.56 Å². The fourth-order valence-corrected chi connectivity index (χ4v) is 4.63. The molecule has 0 saturated carbocycles. The summed E-state index contributed by atoms with van der Waals surface area (Å²) in [6.07, 6.45) is 1.01. The van der Waals surface area contributed by atoms with E-state index >= 15 is 0 Å². The molecule has 2 aromatic heterocycles. The zero-order valence-corrected chi connectivity index (χ0v) is 24.2. The maximum atomic E-state index is 13.5. The first-order valence-corrected chi connectivity index (χ1v) is 13.0. The number of methoxy groups -OCH3 is 1. The number of benzene rings is 2. The summed E-state index contributed by atoms with van der Waals surface area (Å²) in [6, 6.07) is 15.0. The van der Waals surface area contributed by atoms with Gasteiger partial charge in [0.05, 0.1) is 24.2 Å². The molecule has 0 N–H and O–H groups in total. The molecule has 2 heterocycles. The fourth-order valence-electron chi connectivity index (χ4n) is 4.27. The average Bonchev–Trinajstić information content (AvgIpc) is 3.15. The van der Waals surface area contributed by atoms with Crippen molar-refractivity contribution in [1.82, 2.24) is 14.2 Å². The molecule has 0 radical (unpaired) electrons. The summed E-state index contributed by atoms with van der Waals surface area (Å²) in [4.78, 5) is 29.9. The van der Waals surface area contributed by atoms with E-state index in [4.69, 9.17) is 14.5 Å². The van der Waals surface area contributed by atoms with Gasteiger partial charge >= 0.3 is 5.97 Å². The van der Waals surface area contributed by atoms with Crippen LogP contribution in [0.25, 0.3) is 16.6 Å². The van der Waals surface area contributed by atoms with E-state index in [2.05, 4.69) is 25.6 Å². The van der Waals surface area contributed by atoms with Crippen LogP contribution in [-0.2, 0) is 14.9 Å². The van der Waals surface area contributed by atoms with Gasteiger partial charge in [0, 0.05) is 32.5 Å². The van der Waals surface area contributed by atoms with Crippen molar-refractivity contribution >= 4 is 39.0 Å². The predicted molar refractivity (Wildman–Crippen MR) is 153 cm³/mol. The van der Waals surface area contributed by atoms with Gasteiger partial charge in [-0.15, -0.1) is 0 Å². The maximum absolute atomic E-state index is 13.5. The van der Waals surface area contributed by atoms with Crippen LogP contribution >= 0.6 is 15.9 Å². The lowest BCUT2D eigenvalue weighted by molar-refractivity contribution is -0.147. The number of fused-ring (bicyclic) bond motifs is 1. The van der Waals surface area contributed by atoms with Crippen molar-refractivity contribution in [2.45, 2.75) is 53.1 Å². The summed E-state index contributed by atoms with van der Waals surface area (Å²) >= 11 is 3.45. The molecule has 0 fully saturated rings. The number of aryl methyl sites for hydroxylation is 1. The summed E-state index contributed by atoms with van der Waals surface area (Å²) in [5.41, 5.74) is 3.80. The first-order chi connectivity index (χ1) is 17.9. The molecular weight excluding hydrogens is 548 g/mol. The van der Waals surface area contributed by atoms with Crippen LogP contribution in [0.2, 0.25) is 0 Å². The number of esters is 1. The molecular formula is C29H31BrN4O4. The highest BCUT2D eigenvalue weighted by atomic mass is 79.9. The van der Waals surface area contributed by atoms with Gasteiger partial charge < -0.3 is 14.0 Å². The number of ether oxygens (including phenoxy) is 2. The van der Waals surface area contributed by atoms with Gasteiger partial charge in [0.15, 0.2) is 6.10 Å². The van der Waals surface area contributed by atoms with Crippen molar-refractivity contribution in [3.8, 4) is 11.4 Å². The molecule has 0 bridgehead atoms. The molecule has 2 aromatic carbocycles. The van der Waals surface area contributed by atoms with Gasteiger partial charge in [-0.25, -0.2) is 9.78 Å². The number of nitrogens with zero attached hydrogens (tertiary/aromatic N) is 4. The first kappa shape index (κ1) is 27.3. The Morgan fingerprint density at radius 2 is 1.79 bits per heavy atom. The van der Waals surface area contributed by atoms with Crippen LogP contribution in [0.5, 0.6) is 5.75 Å². The van der Waals surface area contributed by atoms with Crippen LogP contribution in [0.15, 0.2) is 62.9 Å². The number of halogens is 1. The molecule has 8 nitrogen and oxygen atoms in total. The number of rotatable bonds is 6. The van der Waals surface area contributed by atoms with Crippen LogP contribution in [0.4, 0.5) is 0 Å². The lowest BCUT2D eigenvalue weighted by atomic mass is 9.95. The highest BCUT2D eigenvalue weighted by Crippen LogP contribution is 2.25. The highest BCUT2D eigenvalue weighted by Gasteiger charge is 2.23. The third-order valence-corrected chi connectivity index (χ3v) is 6.70. The molecule has 1 atom stereocenters.